The Balaban J connectivity index is 2.55. The molecule has 1 unspecified atom stereocenters. The summed E-state index contributed by atoms with van der Waals surface area (Å²) in [7, 11) is 0. The van der Waals surface area contributed by atoms with Gasteiger partial charge in [-0.25, -0.2) is 4.79 Å². The molecule has 0 bridgehead atoms. The molecule has 0 aromatic carbocycles. The summed E-state index contributed by atoms with van der Waals surface area (Å²) < 4.78 is 9.33. The van der Waals surface area contributed by atoms with Crippen LogP contribution in [0.5, 0.6) is 0 Å². The number of esters is 1. The van der Waals surface area contributed by atoms with Crippen LogP contribution in [0.15, 0.2) is 10.6 Å². The van der Waals surface area contributed by atoms with Gasteiger partial charge in [-0.2, -0.15) is 0 Å². The van der Waals surface area contributed by atoms with E-state index in [-0.39, 0.29) is 12.4 Å². The molecule has 1 aromatic rings. The Kier molecular flexibility index (Phi) is 4.01. The van der Waals surface area contributed by atoms with Gasteiger partial charge in [0.1, 0.15) is 5.76 Å². The predicted molar refractivity (Wildman–Crippen MR) is 54.5 cm³/mol. The molecule has 1 heterocycles. The highest BCUT2D eigenvalue weighted by atomic mass is 16.5. The largest absolute Gasteiger partial charge is 0.464 e. The summed E-state index contributed by atoms with van der Waals surface area (Å²) in [6.07, 6.45) is 0. The molecule has 0 spiro atoms. The molecular weight excluding hydrogens is 214 g/mol. The Labute approximate surface area is 91.9 Å². The Morgan fingerprint density at radius 3 is 2.88 bits per heavy atom. The van der Waals surface area contributed by atoms with Crippen molar-refractivity contribution in [3.63, 3.8) is 0 Å². The third kappa shape index (κ3) is 3.06. The monoisotopic (exact) mass is 227 g/mol. The predicted octanol–water partition coefficient (Wildman–Crippen LogP) is -0.188. The molecule has 0 aliphatic rings. The summed E-state index contributed by atoms with van der Waals surface area (Å²) in [6, 6.07) is 0.146. The van der Waals surface area contributed by atoms with E-state index < -0.39 is 17.9 Å². The van der Waals surface area contributed by atoms with Crippen molar-refractivity contribution in [2.75, 3.05) is 11.9 Å². The molecule has 0 saturated carbocycles. The Bertz CT molecular complexity index is 388. The van der Waals surface area contributed by atoms with Gasteiger partial charge in [0.2, 0.25) is 0 Å². The summed E-state index contributed by atoms with van der Waals surface area (Å²) in [4.78, 5) is 22.5. The van der Waals surface area contributed by atoms with Crippen molar-refractivity contribution in [2.45, 2.75) is 19.9 Å². The number of carbonyl (C=O) groups excluding carboxylic acids is 2. The van der Waals surface area contributed by atoms with Crippen molar-refractivity contribution in [1.82, 2.24) is 5.16 Å². The van der Waals surface area contributed by atoms with Gasteiger partial charge in [-0.15, -0.1) is 0 Å². The van der Waals surface area contributed by atoms with Gasteiger partial charge in [0.15, 0.2) is 11.9 Å². The van der Waals surface area contributed by atoms with Crippen LogP contribution in [0.25, 0.3) is 0 Å². The van der Waals surface area contributed by atoms with E-state index in [1.807, 2.05) is 0 Å². The van der Waals surface area contributed by atoms with Crippen LogP contribution >= 0.6 is 0 Å². The third-order valence-electron chi connectivity index (χ3n) is 1.70. The Hall–Kier alpha value is -1.89. The topological polar surface area (TPSA) is 107 Å². The van der Waals surface area contributed by atoms with E-state index in [0.29, 0.717) is 5.76 Å². The van der Waals surface area contributed by atoms with Crippen molar-refractivity contribution in [2.24, 2.45) is 5.73 Å². The molecular formula is C9H13N3O4. The molecule has 1 atom stereocenters. The van der Waals surface area contributed by atoms with Gasteiger partial charge in [-0.05, 0) is 13.8 Å². The number of aryl methyl sites for hydroxylation is 1. The van der Waals surface area contributed by atoms with E-state index in [0.717, 1.165) is 0 Å². The minimum atomic E-state index is -1.36. The number of nitrogens with zero attached hydrogens (tertiary/aromatic N) is 1. The van der Waals surface area contributed by atoms with E-state index >= 15 is 0 Å². The van der Waals surface area contributed by atoms with Crippen LogP contribution in [-0.2, 0) is 14.3 Å². The van der Waals surface area contributed by atoms with Crippen molar-refractivity contribution >= 4 is 17.7 Å². The van der Waals surface area contributed by atoms with Gasteiger partial charge in [0.25, 0.3) is 5.91 Å². The maximum Gasteiger partial charge on any atom is 0.332 e. The van der Waals surface area contributed by atoms with Crippen LogP contribution < -0.4 is 11.1 Å². The van der Waals surface area contributed by atoms with Crippen LogP contribution in [0, 0.1) is 6.92 Å². The van der Waals surface area contributed by atoms with Crippen LogP contribution in [0.3, 0.4) is 0 Å². The third-order valence-corrected chi connectivity index (χ3v) is 1.70. The minimum Gasteiger partial charge on any atom is -0.464 e. The summed E-state index contributed by atoms with van der Waals surface area (Å²) in [5.74, 6) is -0.714. The summed E-state index contributed by atoms with van der Waals surface area (Å²) in [5, 5.41) is 5.86. The number of hydrogen-bond acceptors (Lipinski definition) is 6. The van der Waals surface area contributed by atoms with E-state index in [1.165, 1.54) is 6.07 Å². The number of aromatic nitrogens is 1. The second kappa shape index (κ2) is 5.26. The number of rotatable bonds is 4. The molecule has 1 aromatic heterocycles. The first-order chi connectivity index (χ1) is 7.54. The maximum atomic E-state index is 11.4. The number of amides is 1. The number of ether oxygens (including phenoxy) is 1. The quantitative estimate of drug-likeness (QED) is 0.545. The van der Waals surface area contributed by atoms with E-state index in [1.54, 1.807) is 13.8 Å². The first-order valence-corrected chi connectivity index (χ1v) is 4.71. The molecule has 0 fully saturated rings. The lowest BCUT2D eigenvalue weighted by atomic mass is 10.3. The lowest BCUT2D eigenvalue weighted by Crippen LogP contribution is -2.43. The summed E-state index contributed by atoms with van der Waals surface area (Å²) in [5.41, 5.74) is 5.36. The van der Waals surface area contributed by atoms with E-state index in [4.69, 9.17) is 10.3 Å². The SMILES string of the molecule is CCOC(=O)C(N)C(=O)Nc1cc(C)on1. The maximum absolute atomic E-state index is 11.4. The normalized spacial score (nSPS) is 11.9. The van der Waals surface area contributed by atoms with Gasteiger partial charge in [0.05, 0.1) is 6.61 Å². The van der Waals surface area contributed by atoms with Crippen molar-refractivity contribution in [3.05, 3.63) is 11.8 Å². The number of anilines is 1. The van der Waals surface area contributed by atoms with E-state index in [2.05, 4.69) is 15.2 Å². The summed E-state index contributed by atoms with van der Waals surface area (Å²) in [6.45, 7) is 3.47. The van der Waals surface area contributed by atoms with Gasteiger partial charge in [0, 0.05) is 6.07 Å². The molecule has 0 radical (unpaired) electrons. The second-order valence-corrected chi connectivity index (χ2v) is 3.04. The number of carbonyl (C=O) groups is 2. The molecule has 3 N–H and O–H groups in total. The average molecular weight is 227 g/mol. The first kappa shape index (κ1) is 12.2. The standard InChI is InChI=1S/C9H13N3O4/c1-3-15-9(14)7(10)8(13)11-6-4-5(2)16-12-6/h4,7H,3,10H2,1-2H3,(H,11,12,13). The fourth-order valence-corrected chi connectivity index (χ4v) is 0.968. The van der Waals surface area contributed by atoms with Gasteiger partial charge < -0.3 is 20.3 Å². The highest BCUT2D eigenvalue weighted by Gasteiger charge is 2.24. The molecule has 1 rings (SSSR count). The number of nitrogens with one attached hydrogen (secondary N) is 1. The zero-order valence-electron chi connectivity index (χ0n) is 9.02. The second-order valence-electron chi connectivity index (χ2n) is 3.04. The lowest BCUT2D eigenvalue weighted by Gasteiger charge is -2.08. The van der Waals surface area contributed by atoms with Gasteiger partial charge >= 0.3 is 5.97 Å². The van der Waals surface area contributed by atoms with Crippen molar-refractivity contribution in [3.8, 4) is 0 Å². The number of nitrogens with two attached hydrogens (primary N) is 1. The Morgan fingerprint density at radius 1 is 1.69 bits per heavy atom. The van der Waals surface area contributed by atoms with Crippen molar-refractivity contribution in [1.29, 1.82) is 0 Å². The highest BCUT2D eigenvalue weighted by Crippen LogP contribution is 2.07. The van der Waals surface area contributed by atoms with Crippen LogP contribution in [0.4, 0.5) is 5.82 Å². The van der Waals surface area contributed by atoms with E-state index in [9.17, 15) is 9.59 Å². The molecule has 88 valence electrons. The molecule has 1 amide bonds. The van der Waals surface area contributed by atoms with Gasteiger partial charge in [-0.3, -0.25) is 4.79 Å². The smallest absolute Gasteiger partial charge is 0.332 e. The Morgan fingerprint density at radius 2 is 2.38 bits per heavy atom. The molecule has 7 heteroatoms. The molecule has 0 aliphatic carbocycles. The van der Waals surface area contributed by atoms with Crippen LogP contribution in [0.1, 0.15) is 12.7 Å². The summed E-state index contributed by atoms with van der Waals surface area (Å²) >= 11 is 0. The lowest BCUT2D eigenvalue weighted by molar-refractivity contribution is -0.146. The molecule has 16 heavy (non-hydrogen) atoms. The molecule has 0 aliphatic heterocycles. The fraction of sp³-hybridized carbons (Fsp3) is 0.444. The average Bonchev–Trinajstić information content (AvgIpc) is 2.63. The van der Waals surface area contributed by atoms with Crippen molar-refractivity contribution < 1.29 is 18.8 Å². The fourth-order valence-electron chi connectivity index (χ4n) is 0.968. The van der Waals surface area contributed by atoms with Crippen LogP contribution in [0.2, 0.25) is 0 Å². The van der Waals surface area contributed by atoms with Gasteiger partial charge in [-0.1, -0.05) is 5.16 Å². The molecule has 0 saturated heterocycles. The van der Waals surface area contributed by atoms with Crippen LogP contribution in [-0.4, -0.2) is 29.7 Å². The zero-order chi connectivity index (χ0) is 12.1. The zero-order valence-corrected chi connectivity index (χ0v) is 9.02. The highest BCUT2D eigenvalue weighted by molar-refractivity contribution is 6.07. The first-order valence-electron chi connectivity index (χ1n) is 4.71. The number of hydrogen-bond donors (Lipinski definition) is 2. The molecule has 7 nitrogen and oxygen atoms in total. The minimum absolute atomic E-state index is 0.170.